The van der Waals surface area contributed by atoms with Crippen LogP contribution in [0.2, 0.25) is 0 Å². The molecule has 1 fully saturated rings. The average Bonchev–Trinajstić information content (AvgIpc) is 2.58. The number of benzene rings is 1. The number of anilines is 3. The first kappa shape index (κ1) is 15.3. The van der Waals surface area contributed by atoms with Crippen LogP contribution in [0.3, 0.4) is 0 Å². The molecule has 3 rings (SSSR count). The Hall–Kier alpha value is -2.63. The lowest BCUT2D eigenvalue weighted by atomic mass is 10.2. The summed E-state index contributed by atoms with van der Waals surface area (Å²) in [5.41, 5.74) is 2.22. The predicted octanol–water partition coefficient (Wildman–Crippen LogP) is 2.20. The third-order valence-electron chi connectivity index (χ3n) is 4.02. The van der Waals surface area contributed by atoms with Crippen molar-refractivity contribution >= 4 is 23.2 Å². The Balaban J connectivity index is 1.61. The van der Waals surface area contributed by atoms with Crippen molar-refractivity contribution in [1.29, 1.82) is 0 Å². The van der Waals surface area contributed by atoms with Gasteiger partial charge in [-0.3, -0.25) is 4.79 Å². The van der Waals surface area contributed by atoms with E-state index >= 15 is 0 Å². The van der Waals surface area contributed by atoms with E-state index in [1.54, 1.807) is 6.92 Å². The highest BCUT2D eigenvalue weighted by Gasteiger charge is 2.19. The lowest BCUT2D eigenvalue weighted by Crippen LogP contribution is -2.48. The Morgan fingerprint density at radius 1 is 1.00 bits per heavy atom. The summed E-state index contributed by atoms with van der Waals surface area (Å²) in [5.74, 6) is 1.70. The Kier molecular flexibility index (Phi) is 4.41. The van der Waals surface area contributed by atoms with Crippen LogP contribution < -0.4 is 10.2 Å². The van der Waals surface area contributed by atoms with Crippen LogP contribution in [0, 0.1) is 6.92 Å². The molecule has 6 nitrogen and oxygen atoms in total. The smallest absolute Gasteiger partial charge is 0.219 e. The van der Waals surface area contributed by atoms with E-state index in [0.717, 1.165) is 43.5 Å². The van der Waals surface area contributed by atoms with Crippen LogP contribution >= 0.6 is 0 Å². The summed E-state index contributed by atoms with van der Waals surface area (Å²) in [5, 5.41) is 11.8. The first-order valence-corrected chi connectivity index (χ1v) is 7.80. The Morgan fingerprint density at radius 3 is 2.26 bits per heavy atom. The molecule has 0 bridgehead atoms. The van der Waals surface area contributed by atoms with Crippen molar-refractivity contribution in [3.63, 3.8) is 0 Å². The van der Waals surface area contributed by atoms with Crippen LogP contribution in [0.15, 0.2) is 36.4 Å². The van der Waals surface area contributed by atoms with E-state index in [1.807, 2.05) is 29.2 Å². The number of aryl methyl sites for hydroxylation is 1. The van der Waals surface area contributed by atoms with Crippen molar-refractivity contribution in [3.05, 3.63) is 42.0 Å². The van der Waals surface area contributed by atoms with Gasteiger partial charge in [-0.2, -0.15) is 0 Å². The van der Waals surface area contributed by atoms with Crippen LogP contribution in [0.5, 0.6) is 0 Å². The summed E-state index contributed by atoms with van der Waals surface area (Å²) in [6.45, 7) is 6.73. The monoisotopic (exact) mass is 311 g/mol. The number of rotatable bonds is 3. The SMILES string of the molecule is CC(=O)N1CCN(c2ccc(Nc3ccc(C)cc3)nn2)CC1. The molecule has 0 radical (unpaired) electrons. The van der Waals surface area contributed by atoms with Crippen molar-refractivity contribution in [2.45, 2.75) is 13.8 Å². The number of carbonyl (C=O) groups is 1. The van der Waals surface area contributed by atoms with Crippen molar-refractivity contribution in [1.82, 2.24) is 15.1 Å². The van der Waals surface area contributed by atoms with Gasteiger partial charge in [0.1, 0.15) is 0 Å². The molecule has 0 saturated carbocycles. The van der Waals surface area contributed by atoms with Crippen LogP contribution in [0.4, 0.5) is 17.3 Å². The Bertz CT molecular complexity index is 660. The highest BCUT2D eigenvalue weighted by Crippen LogP contribution is 2.18. The second kappa shape index (κ2) is 6.64. The van der Waals surface area contributed by atoms with Gasteiger partial charge in [-0.05, 0) is 31.2 Å². The predicted molar refractivity (Wildman–Crippen MR) is 91.0 cm³/mol. The average molecular weight is 311 g/mol. The lowest BCUT2D eigenvalue weighted by molar-refractivity contribution is -0.129. The van der Waals surface area contributed by atoms with E-state index in [9.17, 15) is 4.79 Å². The van der Waals surface area contributed by atoms with Gasteiger partial charge in [-0.15, -0.1) is 10.2 Å². The number of aromatic nitrogens is 2. The number of carbonyl (C=O) groups excluding carboxylic acids is 1. The molecule has 1 aliphatic rings. The molecule has 1 aliphatic heterocycles. The topological polar surface area (TPSA) is 61.4 Å². The van der Waals surface area contributed by atoms with Gasteiger partial charge in [0.2, 0.25) is 5.91 Å². The fourth-order valence-electron chi connectivity index (χ4n) is 2.60. The minimum atomic E-state index is 0.133. The molecule has 0 spiro atoms. The summed E-state index contributed by atoms with van der Waals surface area (Å²) in [6, 6.07) is 12.0. The maximum absolute atomic E-state index is 11.4. The molecule has 23 heavy (non-hydrogen) atoms. The summed E-state index contributed by atoms with van der Waals surface area (Å²) >= 11 is 0. The molecular formula is C17H21N5O. The van der Waals surface area contributed by atoms with Crippen LogP contribution in [-0.4, -0.2) is 47.2 Å². The number of nitrogens with one attached hydrogen (secondary N) is 1. The standard InChI is InChI=1S/C17H21N5O/c1-13-3-5-15(6-4-13)18-16-7-8-17(20-19-16)22-11-9-21(10-12-22)14(2)23/h3-8H,9-12H2,1-2H3,(H,18,19). The molecular weight excluding hydrogens is 290 g/mol. The number of hydrogen-bond acceptors (Lipinski definition) is 5. The van der Waals surface area contributed by atoms with E-state index in [4.69, 9.17) is 0 Å². The van der Waals surface area contributed by atoms with E-state index in [2.05, 4.69) is 39.5 Å². The maximum atomic E-state index is 11.4. The van der Waals surface area contributed by atoms with Crippen molar-refractivity contribution in [2.24, 2.45) is 0 Å². The molecule has 2 aromatic rings. The molecule has 0 unspecified atom stereocenters. The summed E-state index contributed by atoms with van der Waals surface area (Å²) in [6.07, 6.45) is 0. The van der Waals surface area contributed by atoms with Crippen molar-refractivity contribution in [2.75, 3.05) is 36.4 Å². The van der Waals surface area contributed by atoms with Gasteiger partial charge < -0.3 is 15.1 Å². The molecule has 6 heteroatoms. The van der Waals surface area contributed by atoms with Gasteiger partial charge in [0.15, 0.2) is 11.6 Å². The van der Waals surface area contributed by atoms with Crippen LogP contribution in [0.1, 0.15) is 12.5 Å². The fraction of sp³-hybridized carbons (Fsp3) is 0.353. The second-order valence-corrected chi connectivity index (χ2v) is 5.76. The van der Waals surface area contributed by atoms with Gasteiger partial charge in [0.05, 0.1) is 0 Å². The van der Waals surface area contributed by atoms with Crippen LogP contribution in [-0.2, 0) is 4.79 Å². The first-order chi connectivity index (χ1) is 11.1. The molecule has 1 saturated heterocycles. The van der Waals surface area contributed by atoms with E-state index in [1.165, 1.54) is 5.56 Å². The summed E-state index contributed by atoms with van der Waals surface area (Å²) in [7, 11) is 0. The molecule has 0 aliphatic carbocycles. The third kappa shape index (κ3) is 3.77. The largest absolute Gasteiger partial charge is 0.352 e. The minimum Gasteiger partial charge on any atom is -0.352 e. The highest BCUT2D eigenvalue weighted by atomic mass is 16.2. The number of amides is 1. The molecule has 2 heterocycles. The molecule has 1 N–H and O–H groups in total. The maximum Gasteiger partial charge on any atom is 0.219 e. The number of hydrogen-bond donors (Lipinski definition) is 1. The van der Waals surface area contributed by atoms with E-state index < -0.39 is 0 Å². The van der Waals surface area contributed by atoms with E-state index in [0.29, 0.717) is 0 Å². The normalized spacial score (nSPS) is 14.7. The van der Waals surface area contributed by atoms with Crippen molar-refractivity contribution in [3.8, 4) is 0 Å². The highest BCUT2D eigenvalue weighted by molar-refractivity contribution is 5.73. The molecule has 1 aromatic carbocycles. The van der Waals surface area contributed by atoms with E-state index in [-0.39, 0.29) is 5.91 Å². The number of piperazine rings is 1. The van der Waals surface area contributed by atoms with Crippen molar-refractivity contribution < 1.29 is 4.79 Å². The zero-order valence-electron chi connectivity index (χ0n) is 13.5. The van der Waals surface area contributed by atoms with Gasteiger partial charge >= 0.3 is 0 Å². The van der Waals surface area contributed by atoms with Crippen LogP contribution in [0.25, 0.3) is 0 Å². The lowest BCUT2D eigenvalue weighted by Gasteiger charge is -2.34. The zero-order valence-corrected chi connectivity index (χ0v) is 13.5. The molecule has 1 aromatic heterocycles. The molecule has 120 valence electrons. The summed E-state index contributed by atoms with van der Waals surface area (Å²) < 4.78 is 0. The Labute approximate surface area is 136 Å². The fourth-order valence-corrected chi connectivity index (χ4v) is 2.60. The molecule has 0 atom stereocenters. The van der Waals surface area contributed by atoms with Gasteiger partial charge in [-0.25, -0.2) is 0 Å². The van der Waals surface area contributed by atoms with Gasteiger partial charge in [0.25, 0.3) is 0 Å². The first-order valence-electron chi connectivity index (χ1n) is 7.80. The molecule has 1 amide bonds. The quantitative estimate of drug-likeness (QED) is 0.941. The zero-order chi connectivity index (χ0) is 16.2. The third-order valence-corrected chi connectivity index (χ3v) is 4.02. The summed E-state index contributed by atoms with van der Waals surface area (Å²) in [4.78, 5) is 15.4. The second-order valence-electron chi connectivity index (χ2n) is 5.76. The number of nitrogens with zero attached hydrogens (tertiary/aromatic N) is 4. The van der Waals surface area contributed by atoms with Gasteiger partial charge in [-0.1, -0.05) is 17.7 Å². The minimum absolute atomic E-state index is 0.133. The van der Waals surface area contributed by atoms with Gasteiger partial charge in [0, 0.05) is 38.8 Å². The Morgan fingerprint density at radius 2 is 1.70 bits per heavy atom.